The summed E-state index contributed by atoms with van der Waals surface area (Å²) in [4.78, 5) is 30.3. The van der Waals surface area contributed by atoms with Gasteiger partial charge in [0.05, 0.1) is 30.6 Å². The molecule has 1 amide bonds. The number of nitrogens with zero attached hydrogens (tertiary/aromatic N) is 3. The van der Waals surface area contributed by atoms with Crippen molar-refractivity contribution in [1.82, 2.24) is 14.3 Å². The molecule has 1 fully saturated rings. The van der Waals surface area contributed by atoms with Crippen molar-refractivity contribution in [2.24, 2.45) is 5.92 Å². The maximum atomic E-state index is 12.6. The van der Waals surface area contributed by atoms with Crippen LogP contribution in [-0.4, -0.2) is 45.9 Å². The van der Waals surface area contributed by atoms with Crippen LogP contribution in [0.15, 0.2) is 30.9 Å². The predicted octanol–water partition coefficient (Wildman–Crippen LogP) is 1.75. The fourth-order valence-corrected chi connectivity index (χ4v) is 2.85. The van der Waals surface area contributed by atoms with Crippen LogP contribution in [-0.2, 0) is 9.53 Å². The first-order chi connectivity index (χ1) is 10.7. The molecule has 3 rings (SSSR count). The van der Waals surface area contributed by atoms with E-state index in [1.54, 1.807) is 30.4 Å². The van der Waals surface area contributed by atoms with Crippen molar-refractivity contribution in [2.75, 3.05) is 19.7 Å². The highest BCUT2D eigenvalue weighted by atomic mass is 16.5. The standard InChI is InChI=1S/C16H19N3O3/c1-2-22-16(21)13-4-3-6-18(10-13)15(20)12-5-7-19-11-17-9-14(19)8-12/h5,7-9,11,13H,2-4,6,10H2,1H3. The van der Waals surface area contributed by atoms with Crippen LogP contribution < -0.4 is 0 Å². The van der Waals surface area contributed by atoms with E-state index in [1.807, 2.05) is 16.7 Å². The van der Waals surface area contributed by atoms with Gasteiger partial charge in [-0.05, 0) is 31.9 Å². The van der Waals surface area contributed by atoms with Gasteiger partial charge in [-0.2, -0.15) is 0 Å². The molecule has 2 aromatic heterocycles. The fourth-order valence-electron chi connectivity index (χ4n) is 2.85. The SMILES string of the molecule is CCOC(=O)C1CCCN(C(=O)c2ccn3cncc3c2)C1. The molecule has 0 aliphatic carbocycles. The highest BCUT2D eigenvalue weighted by Crippen LogP contribution is 2.20. The van der Waals surface area contributed by atoms with Crippen molar-refractivity contribution in [3.8, 4) is 0 Å². The maximum absolute atomic E-state index is 12.6. The number of imidazole rings is 1. The average molecular weight is 301 g/mol. The van der Waals surface area contributed by atoms with E-state index in [9.17, 15) is 9.59 Å². The van der Waals surface area contributed by atoms with Gasteiger partial charge in [-0.3, -0.25) is 9.59 Å². The van der Waals surface area contributed by atoms with E-state index in [0.717, 1.165) is 18.4 Å². The molecule has 2 aromatic rings. The summed E-state index contributed by atoms with van der Waals surface area (Å²) in [7, 11) is 0. The lowest BCUT2D eigenvalue weighted by Crippen LogP contribution is -2.42. The van der Waals surface area contributed by atoms with Crippen molar-refractivity contribution in [2.45, 2.75) is 19.8 Å². The zero-order valence-electron chi connectivity index (χ0n) is 12.6. The molecule has 3 heterocycles. The van der Waals surface area contributed by atoms with Crippen LogP contribution >= 0.6 is 0 Å². The molecule has 1 unspecified atom stereocenters. The van der Waals surface area contributed by atoms with Crippen LogP contribution in [0.5, 0.6) is 0 Å². The molecule has 0 N–H and O–H groups in total. The Hall–Kier alpha value is -2.37. The van der Waals surface area contributed by atoms with E-state index in [0.29, 0.717) is 25.3 Å². The number of esters is 1. The second-order valence-corrected chi connectivity index (χ2v) is 5.48. The lowest BCUT2D eigenvalue weighted by molar-refractivity contribution is -0.149. The van der Waals surface area contributed by atoms with Gasteiger partial charge in [0.15, 0.2) is 0 Å². The number of hydrogen-bond donors (Lipinski definition) is 0. The number of carbonyl (C=O) groups excluding carboxylic acids is 2. The van der Waals surface area contributed by atoms with Crippen LogP contribution in [0.4, 0.5) is 0 Å². The highest BCUT2D eigenvalue weighted by Gasteiger charge is 2.29. The zero-order chi connectivity index (χ0) is 15.5. The van der Waals surface area contributed by atoms with Gasteiger partial charge in [-0.15, -0.1) is 0 Å². The third kappa shape index (κ3) is 2.81. The molecular weight excluding hydrogens is 282 g/mol. The molecule has 1 saturated heterocycles. The summed E-state index contributed by atoms with van der Waals surface area (Å²) in [6, 6.07) is 3.61. The van der Waals surface area contributed by atoms with E-state index in [4.69, 9.17) is 4.74 Å². The first-order valence-electron chi connectivity index (χ1n) is 7.56. The van der Waals surface area contributed by atoms with Crippen LogP contribution in [0.25, 0.3) is 5.52 Å². The molecule has 22 heavy (non-hydrogen) atoms. The normalized spacial score (nSPS) is 18.4. The molecule has 0 spiro atoms. The van der Waals surface area contributed by atoms with E-state index in [-0.39, 0.29) is 17.8 Å². The summed E-state index contributed by atoms with van der Waals surface area (Å²) in [6.45, 7) is 3.28. The molecule has 116 valence electrons. The van der Waals surface area contributed by atoms with Gasteiger partial charge < -0.3 is 14.0 Å². The number of ether oxygens (including phenoxy) is 1. The highest BCUT2D eigenvalue weighted by molar-refractivity contribution is 5.95. The van der Waals surface area contributed by atoms with E-state index < -0.39 is 0 Å². The number of rotatable bonds is 3. The van der Waals surface area contributed by atoms with E-state index in [1.165, 1.54) is 0 Å². The van der Waals surface area contributed by atoms with Gasteiger partial charge in [-0.25, -0.2) is 4.98 Å². The molecule has 1 atom stereocenters. The van der Waals surface area contributed by atoms with Gasteiger partial charge in [0, 0.05) is 24.8 Å². The van der Waals surface area contributed by atoms with Gasteiger partial charge in [0.2, 0.25) is 0 Å². The van der Waals surface area contributed by atoms with Crippen molar-refractivity contribution in [1.29, 1.82) is 0 Å². The van der Waals surface area contributed by atoms with Gasteiger partial charge in [-0.1, -0.05) is 0 Å². The lowest BCUT2D eigenvalue weighted by atomic mass is 9.97. The first-order valence-corrected chi connectivity index (χ1v) is 7.56. The third-order valence-electron chi connectivity index (χ3n) is 3.99. The number of piperidine rings is 1. The number of pyridine rings is 1. The third-order valence-corrected chi connectivity index (χ3v) is 3.99. The molecule has 0 aromatic carbocycles. The molecule has 1 aliphatic heterocycles. The molecule has 0 saturated carbocycles. The second-order valence-electron chi connectivity index (χ2n) is 5.48. The summed E-state index contributed by atoms with van der Waals surface area (Å²) in [5.74, 6) is -0.458. The van der Waals surface area contributed by atoms with Gasteiger partial charge in [0.1, 0.15) is 0 Å². The summed E-state index contributed by atoms with van der Waals surface area (Å²) in [6.07, 6.45) is 6.84. The summed E-state index contributed by atoms with van der Waals surface area (Å²) in [5.41, 5.74) is 1.50. The number of aromatic nitrogens is 2. The van der Waals surface area contributed by atoms with Gasteiger partial charge in [0.25, 0.3) is 5.91 Å². The zero-order valence-corrected chi connectivity index (χ0v) is 12.6. The number of hydrogen-bond acceptors (Lipinski definition) is 4. The minimum atomic E-state index is -0.212. The maximum Gasteiger partial charge on any atom is 0.310 e. The molecule has 0 bridgehead atoms. The largest absolute Gasteiger partial charge is 0.466 e. The van der Waals surface area contributed by atoms with Crippen molar-refractivity contribution in [3.63, 3.8) is 0 Å². The first kappa shape index (κ1) is 14.6. The predicted molar refractivity (Wildman–Crippen MR) is 80.5 cm³/mol. The number of carbonyl (C=O) groups is 2. The Labute approximate surface area is 128 Å². The summed E-state index contributed by atoms with van der Waals surface area (Å²) < 4.78 is 6.93. The van der Waals surface area contributed by atoms with Crippen molar-refractivity contribution < 1.29 is 14.3 Å². The van der Waals surface area contributed by atoms with E-state index in [2.05, 4.69) is 4.98 Å². The molecule has 6 nitrogen and oxygen atoms in total. The minimum absolute atomic E-state index is 0.0438. The molecule has 1 aliphatic rings. The molecule has 0 radical (unpaired) electrons. The smallest absolute Gasteiger partial charge is 0.310 e. The second kappa shape index (κ2) is 6.17. The fraction of sp³-hybridized carbons (Fsp3) is 0.438. The van der Waals surface area contributed by atoms with Crippen LogP contribution in [0.2, 0.25) is 0 Å². The Kier molecular flexibility index (Phi) is 4.09. The Bertz CT molecular complexity index is 695. The average Bonchev–Trinajstić information content (AvgIpc) is 3.02. The van der Waals surface area contributed by atoms with Crippen LogP contribution in [0.1, 0.15) is 30.1 Å². The number of amides is 1. The molecule has 6 heteroatoms. The molecular formula is C16H19N3O3. The Balaban J connectivity index is 1.74. The van der Waals surface area contributed by atoms with E-state index >= 15 is 0 Å². The minimum Gasteiger partial charge on any atom is -0.466 e. The summed E-state index contributed by atoms with van der Waals surface area (Å²) >= 11 is 0. The van der Waals surface area contributed by atoms with Crippen molar-refractivity contribution >= 4 is 17.4 Å². The number of likely N-dealkylation sites (tertiary alicyclic amines) is 1. The van der Waals surface area contributed by atoms with Crippen LogP contribution in [0.3, 0.4) is 0 Å². The topological polar surface area (TPSA) is 63.9 Å². The van der Waals surface area contributed by atoms with Crippen molar-refractivity contribution in [3.05, 3.63) is 36.4 Å². The summed E-state index contributed by atoms with van der Waals surface area (Å²) in [5, 5.41) is 0. The Morgan fingerprint density at radius 3 is 3.14 bits per heavy atom. The Morgan fingerprint density at radius 1 is 1.45 bits per heavy atom. The van der Waals surface area contributed by atoms with Crippen LogP contribution in [0, 0.1) is 5.92 Å². The van der Waals surface area contributed by atoms with Gasteiger partial charge >= 0.3 is 5.97 Å². The monoisotopic (exact) mass is 301 g/mol. The lowest BCUT2D eigenvalue weighted by Gasteiger charge is -2.31. The number of fused-ring (bicyclic) bond motifs is 1. The Morgan fingerprint density at radius 2 is 2.32 bits per heavy atom. The quantitative estimate of drug-likeness (QED) is 0.810.